The van der Waals surface area contributed by atoms with Gasteiger partial charge in [0.2, 0.25) is 5.95 Å². The fraction of sp³-hybridized carbons (Fsp3) is 0.190. The van der Waals surface area contributed by atoms with Gasteiger partial charge in [-0.3, -0.25) is 4.57 Å². The smallest absolute Gasteiger partial charge is 0.229 e. The number of morpholine rings is 1. The summed E-state index contributed by atoms with van der Waals surface area (Å²) in [7, 11) is 0. The van der Waals surface area contributed by atoms with Gasteiger partial charge in [0.1, 0.15) is 11.8 Å². The molecule has 10 heteroatoms. The summed E-state index contributed by atoms with van der Waals surface area (Å²) in [6.07, 6.45) is 3.17. The van der Waals surface area contributed by atoms with Gasteiger partial charge in [0.25, 0.3) is 0 Å². The van der Waals surface area contributed by atoms with Crippen molar-refractivity contribution in [2.24, 2.45) is 0 Å². The van der Waals surface area contributed by atoms with E-state index in [1.165, 1.54) is 6.20 Å². The molecule has 4 aromatic rings. The molecular formula is C21H18F2N6O2. The maximum Gasteiger partial charge on any atom is 0.229 e. The number of hydrogen-bond acceptors (Lipinski definition) is 7. The van der Waals surface area contributed by atoms with Gasteiger partial charge in [-0.25, -0.2) is 18.7 Å². The number of rotatable bonds is 4. The highest BCUT2D eigenvalue weighted by Crippen LogP contribution is 2.26. The second-order valence-electron chi connectivity index (χ2n) is 7.05. The number of imidazole rings is 1. The predicted octanol–water partition coefficient (Wildman–Crippen LogP) is 3.38. The molecule has 3 heterocycles. The van der Waals surface area contributed by atoms with E-state index in [0.717, 1.165) is 49.8 Å². The molecule has 0 amide bonds. The van der Waals surface area contributed by atoms with Crippen LogP contribution in [0.3, 0.4) is 0 Å². The first-order valence-electron chi connectivity index (χ1n) is 9.67. The highest BCUT2D eigenvalue weighted by molar-refractivity contribution is 5.74. The molecule has 0 unspecified atom stereocenters. The van der Waals surface area contributed by atoms with Gasteiger partial charge in [0, 0.05) is 42.3 Å². The summed E-state index contributed by atoms with van der Waals surface area (Å²) >= 11 is 0. The van der Waals surface area contributed by atoms with Crippen LogP contribution in [0.5, 0.6) is 5.75 Å². The van der Waals surface area contributed by atoms with Crippen molar-refractivity contribution in [1.29, 1.82) is 0 Å². The molecule has 2 N–H and O–H groups in total. The molecule has 0 radical (unpaired) electrons. The van der Waals surface area contributed by atoms with Gasteiger partial charge in [0.05, 0.1) is 19.4 Å². The summed E-state index contributed by atoms with van der Waals surface area (Å²) in [5, 5.41) is 12.0. The first-order chi connectivity index (χ1) is 15.1. The summed E-state index contributed by atoms with van der Waals surface area (Å²) in [4.78, 5) is 15.2. The van der Waals surface area contributed by atoms with E-state index in [0.29, 0.717) is 11.2 Å². The van der Waals surface area contributed by atoms with Crippen molar-refractivity contribution >= 4 is 28.5 Å². The van der Waals surface area contributed by atoms with E-state index in [4.69, 9.17) is 4.74 Å². The van der Waals surface area contributed by atoms with Crippen LogP contribution in [0.2, 0.25) is 0 Å². The lowest BCUT2D eigenvalue weighted by Crippen LogP contribution is -2.36. The highest BCUT2D eigenvalue weighted by atomic mass is 19.1. The maximum absolute atomic E-state index is 13.6. The Hall–Kier alpha value is -3.79. The van der Waals surface area contributed by atoms with Crippen LogP contribution in [0.25, 0.3) is 16.9 Å². The molecule has 1 fully saturated rings. The Morgan fingerprint density at radius 2 is 1.65 bits per heavy atom. The summed E-state index contributed by atoms with van der Waals surface area (Å²) < 4.78 is 34.4. The van der Waals surface area contributed by atoms with Crippen molar-refractivity contribution in [2.75, 3.05) is 36.5 Å². The van der Waals surface area contributed by atoms with E-state index < -0.39 is 17.4 Å². The molecule has 0 atom stereocenters. The van der Waals surface area contributed by atoms with Crippen LogP contribution in [0.15, 0.2) is 48.9 Å². The third kappa shape index (κ3) is 3.73. The van der Waals surface area contributed by atoms with Gasteiger partial charge < -0.3 is 20.1 Å². The van der Waals surface area contributed by atoms with Crippen LogP contribution in [-0.2, 0) is 4.74 Å². The quantitative estimate of drug-likeness (QED) is 0.486. The standard InChI is InChI=1S/C21H18F2N6O2/c22-16-9-13(10-17(23)19(16)30)26-21-24-11-18-20(27-21)29(12-25-18)15-3-1-14(2-4-15)28-5-7-31-8-6-28/h1-4,9-12,30H,5-8H2,(H,24,26,27). The van der Waals surface area contributed by atoms with Crippen LogP contribution in [-0.4, -0.2) is 50.9 Å². The number of aromatic hydroxyl groups is 1. The Morgan fingerprint density at radius 1 is 0.968 bits per heavy atom. The third-order valence-electron chi connectivity index (χ3n) is 5.07. The van der Waals surface area contributed by atoms with Gasteiger partial charge in [-0.15, -0.1) is 0 Å². The minimum atomic E-state index is -1.08. The zero-order valence-corrected chi connectivity index (χ0v) is 16.3. The molecule has 31 heavy (non-hydrogen) atoms. The zero-order chi connectivity index (χ0) is 21.4. The Bertz CT molecular complexity index is 1220. The average molecular weight is 424 g/mol. The number of halogens is 2. The number of ether oxygens (including phenoxy) is 1. The van der Waals surface area contributed by atoms with E-state index in [9.17, 15) is 13.9 Å². The molecule has 0 bridgehead atoms. The Balaban J connectivity index is 1.44. The van der Waals surface area contributed by atoms with Gasteiger partial charge in [0.15, 0.2) is 23.0 Å². The average Bonchev–Trinajstić information content (AvgIpc) is 3.21. The number of phenols is 1. The molecule has 158 valence electrons. The van der Waals surface area contributed by atoms with Gasteiger partial charge in [-0.05, 0) is 24.3 Å². The summed E-state index contributed by atoms with van der Waals surface area (Å²) in [5.74, 6) is -3.04. The molecule has 0 aliphatic carbocycles. The number of aromatic nitrogens is 4. The van der Waals surface area contributed by atoms with Crippen LogP contribution >= 0.6 is 0 Å². The second kappa shape index (κ2) is 7.80. The molecule has 1 aliphatic heterocycles. The van der Waals surface area contributed by atoms with Crippen LogP contribution in [0.4, 0.5) is 26.1 Å². The molecule has 1 aliphatic rings. The number of phenolic OH excluding ortho intramolecular Hbond substituents is 1. The fourth-order valence-electron chi connectivity index (χ4n) is 3.47. The monoisotopic (exact) mass is 424 g/mol. The Labute approximate surface area is 175 Å². The molecule has 5 rings (SSSR count). The molecule has 8 nitrogen and oxygen atoms in total. The number of nitrogens with zero attached hydrogens (tertiary/aromatic N) is 5. The highest BCUT2D eigenvalue weighted by Gasteiger charge is 2.14. The van der Waals surface area contributed by atoms with Crippen molar-refractivity contribution in [3.8, 4) is 11.4 Å². The lowest BCUT2D eigenvalue weighted by molar-refractivity contribution is 0.122. The summed E-state index contributed by atoms with van der Waals surface area (Å²) in [5.41, 5.74) is 3.17. The van der Waals surface area contributed by atoms with Crippen molar-refractivity contribution in [1.82, 2.24) is 19.5 Å². The van der Waals surface area contributed by atoms with E-state index in [1.54, 1.807) is 6.33 Å². The van der Waals surface area contributed by atoms with E-state index in [1.807, 2.05) is 28.8 Å². The van der Waals surface area contributed by atoms with Gasteiger partial charge in [-0.1, -0.05) is 0 Å². The number of nitrogens with one attached hydrogen (secondary N) is 1. The van der Waals surface area contributed by atoms with Crippen molar-refractivity contribution < 1.29 is 18.6 Å². The van der Waals surface area contributed by atoms with Crippen molar-refractivity contribution in [3.63, 3.8) is 0 Å². The van der Waals surface area contributed by atoms with Crippen molar-refractivity contribution in [3.05, 3.63) is 60.6 Å². The first kappa shape index (κ1) is 19.2. The lowest BCUT2D eigenvalue weighted by Gasteiger charge is -2.28. The predicted molar refractivity (Wildman–Crippen MR) is 111 cm³/mol. The van der Waals surface area contributed by atoms with E-state index >= 15 is 0 Å². The molecule has 0 saturated carbocycles. The molecule has 0 spiro atoms. The lowest BCUT2D eigenvalue weighted by atomic mass is 10.2. The Morgan fingerprint density at radius 3 is 2.35 bits per heavy atom. The normalized spacial score (nSPS) is 14.2. The van der Waals surface area contributed by atoms with Crippen LogP contribution < -0.4 is 10.2 Å². The number of hydrogen-bond donors (Lipinski definition) is 2. The minimum absolute atomic E-state index is 0.0769. The molecule has 2 aromatic carbocycles. The summed E-state index contributed by atoms with van der Waals surface area (Å²) in [6, 6.07) is 9.96. The van der Waals surface area contributed by atoms with Crippen LogP contribution in [0.1, 0.15) is 0 Å². The topological polar surface area (TPSA) is 88.3 Å². The third-order valence-corrected chi connectivity index (χ3v) is 5.07. The zero-order valence-electron chi connectivity index (χ0n) is 16.3. The second-order valence-corrected chi connectivity index (χ2v) is 7.05. The first-order valence-corrected chi connectivity index (χ1v) is 9.67. The van der Waals surface area contributed by atoms with Crippen molar-refractivity contribution in [2.45, 2.75) is 0 Å². The number of anilines is 3. The van der Waals surface area contributed by atoms with Gasteiger partial charge in [-0.2, -0.15) is 4.98 Å². The van der Waals surface area contributed by atoms with Gasteiger partial charge >= 0.3 is 0 Å². The molecular weight excluding hydrogens is 406 g/mol. The summed E-state index contributed by atoms with van der Waals surface area (Å²) in [6.45, 7) is 3.15. The van der Waals surface area contributed by atoms with Crippen LogP contribution in [0, 0.1) is 11.6 Å². The number of fused-ring (bicyclic) bond motifs is 1. The SMILES string of the molecule is Oc1c(F)cc(Nc2ncc3ncn(-c4ccc(N5CCOCC5)cc4)c3n2)cc1F. The van der Waals surface area contributed by atoms with E-state index in [-0.39, 0.29) is 11.6 Å². The number of benzene rings is 2. The minimum Gasteiger partial charge on any atom is -0.503 e. The maximum atomic E-state index is 13.6. The molecule has 2 aromatic heterocycles. The Kier molecular flexibility index (Phi) is 4.83. The van der Waals surface area contributed by atoms with E-state index in [2.05, 4.69) is 25.2 Å². The largest absolute Gasteiger partial charge is 0.503 e. The fourth-order valence-corrected chi connectivity index (χ4v) is 3.47. The molecule has 1 saturated heterocycles.